The molecule has 0 saturated carbocycles. The average molecular weight is 287 g/mol. The van der Waals surface area contributed by atoms with Gasteiger partial charge in [-0.25, -0.2) is 4.79 Å². The maximum atomic E-state index is 12.5. The number of likely N-dealkylation sites (tertiary alicyclic amines) is 1. The van der Waals surface area contributed by atoms with Crippen molar-refractivity contribution in [3.8, 4) is 0 Å². The standard InChI is InChI=1S/C10H14ClF3N2O2/c11-4-3-8(17)15-9(18)16-5-1-2-7(6-16)10(12,13)14/h7H,1-6H2,(H,15,17,18). The van der Waals surface area contributed by atoms with Crippen LogP contribution in [0.3, 0.4) is 0 Å². The predicted molar refractivity (Wildman–Crippen MR) is 59.2 cm³/mol. The van der Waals surface area contributed by atoms with E-state index in [4.69, 9.17) is 11.6 Å². The Morgan fingerprint density at radius 1 is 1.39 bits per heavy atom. The van der Waals surface area contributed by atoms with Crippen LogP contribution >= 0.6 is 11.6 Å². The quantitative estimate of drug-likeness (QED) is 0.791. The van der Waals surface area contributed by atoms with E-state index >= 15 is 0 Å². The number of urea groups is 1. The van der Waals surface area contributed by atoms with Crippen LogP contribution in [0.4, 0.5) is 18.0 Å². The van der Waals surface area contributed by atoms with Crippen molar-refractivity contribution in [1.82, 2.24) is 10.2 Å². The van der Waals surface area contributed by atoms with Crippen molar-refractivity contribution in [3.63, 3.8) is 0 Å². The fourth-order valence-corrected chi connectivity index (χ4v) is 1.95. The van der Waals surface area contributed by atoms with Crippen molar-refractivity contribution in [2.24, 2.45) is 5.92 Å². The summed E-state index contributed by atoms with van der Waals surface area (Å²) >= 11 is 5.31. The van der Waals surface area contributed by atoms with Gasteiger partial charge in [-0.3, -0.25) is 10.1 Å². The van der Waals surface area contributed by atoms with Gasteiger partial charge in [0.2, 0.25) is 5.91 Å². The molecule has 1 N–H and O–H groups in total. The van der Waals surface area contributed by atoms with Crippen molar-refractivity contribution in [2.45, 2.75) is 25.4 Å². The molecule has 8 heteroatoms. The van der Waals surface area contributed by atoms with E-state index in [-0.39, 0.29) is 31.7 Å². The number of hydrogen-bond acceptors (Lipinski definition) is 2. The maximum Gasteiger partial charge on any atom is 0.393 e. The van der Waals surface area contributed by atoms with Crippen molar-refractivity contribution < 1.29 is 22.8 Å². The molecule has 1 heterocycles. The highest BCUT2D eigenvalue weighted by atomic mass is 35.5. The second-order valence-electron chi connectivity index (χ2n) is 4.12. The number of alkyl halides is 4. The summed E-state index contributed by atoms with van der Waals surface area (Å²) < 4.78 is 37.6. The van der Waals surface area contributed by atoms with Gasteiger partial charge in [-0.05, 0) is 12.8 Å². The second-order valence-corrected chi connectivity index (χ2v) is 4.50. The van der Waals surface area contributed by atoms with E-state index in [0.29, 0.717) is 0 Å². The Bertz CT molecular complexity index is 323. The molecule has 104 valence electrons. The van der Waals surface area contributed by atoms with Gasteiger partial charge in [-0.15, -0.1) is 11.6 Å². The molecule has 0 aromatic rings. The molecule has 1 rings (SSSR count). The number of hydrogen-bond donors (Lipinski definition) is 1. The SMILES string of the molecule is O=C(CCCl)NC(=O)N1CCCC(C(F)(F)F)C1. The number of nitrogens with zero attached hydrogens (tertiary/aromatic N) is 1. The minimum Gasteiger partial charge on any atom is -0.324 e. The molecule has 0 radical (unpaired) electrons. The Morgan fingerprint density at radius 3 is 2.61 bits per heavy atom. The van der Waals surface area contributed by atoms with Crippen LogP contribution in [-0.2, 0) is 4.79 Å². The van der Waals surface area contributed by atoms with Gasteiger partial charge in [0.25, 0.3) is 0 Å². The van der Waals surface area contributed by atoms with Gasteiger partial charge < -0.3 is 4.90 Å². The number of halogens is 4. The number of rotatable bonds is 2. The van der Waals surface area contributed by atoms with E-state index in [1.54, 1.807) is 0 Å². The monoisotopic (exact) mass is 286 g/mol. The minimum absolute atomic E-state index is 0.0168. The molecule has 1 unspecified atom stereocenters. The topological polar surface area (TPSA) is 49.4 Å². The van der Waals surface area contributed by atoms with Crippen LogP contribution in [0.2, 0.25) is 0 Å². The molecular formula is C10H14ClF3N2O2. The van der Waals surface area contributed by atoms with E-state index in [2.05, 4.69) is 0 Å². The third-order valence-electron chi connectivity index (χ3n) is 2.74. The smallest absolute Gasteiger partial charge is 0.324 e. The lowest BCUT2D eigenvalue weighted by Crippen LogP contribution is -2.49. The van der Waals surface area contributed by atoms with E-state index < -0.39 is 30.6 Å². The summed E-state index contributed by atoms with van der Waals surface area (Å²) in [5, 5.41) is 2.02. The molecule has 3 amide bonds. The summed E-state index contributed by atoms with van der Waals surface area (Å²) in [7, 11) is 0. The van der Waals surface area contributed by atoms with Crippen LogP contribution in [0, 0.1) is 5.92 Å². The van der Waals surface area contributed by atoms with Crippen LogP contribution in [0.5, 0.6) is 0 Å². The van der Waals surface area contributed by atoms with Crippen LogP contribution in [-0.4, -0.2) is 42.0 Å². The normalized spacial score (nSPS) is 20.7. The van der Waals surface area contributed by atoms with Gasteiger partial charge in [0, 0.05) is 25.4 Å². The maximum absolute atomic E-state index is 12.5. The van der Waals surface area contributed by atoms with Gasteiger partial charge >= 0.3 is 12.2 Å². The molecule has 1 fully saturated rings. The van der Waals surface area contributed by atoms with Crippen molar-refractivity contribution in [2.75, 3.05) is 19.0 Å². The first kappa shape index (κ1) is 15.1. The zero-order valence-electron chi connectivity index (χ0n) is 9.60. The molecule has 1 saturated heterocycles. The van der Waals surface area contributed by atoms with Crippen LogP contribution in [0.1, 0.15) is 19.3 Å². The molecular weight excluding hydrogens is 273 g/mol. The number of nitrogens with one attached hydrogen (secondary N) is 1. The third-order valence-corrected chi connectivity index (χ3v) is 2.93. The largest absolute Gasteiger partial charge is 0.393 e. The summed E-state index contributed by atoms with van der Waals surface area (Å²) in [6.07, 6.45) is -4.05. The first-order valence-electron chi connectivity index (χ1n) is 5.56. The molecule has 0 spiro atoms. The Labute approximate surface area is 107 Å². The van der Waals surface area contributed by atoms with Crippen LogP contribution in [0.15, 0.2) is 0 Å². The van der Waals surface area contributed by atoms with E-state index in [1.807, 2.05) is 5.32 Å². The number of imide groups is 1. The van der Waals surface area contributed by atoms with Crippen LogP contribution < -0.4 is 5.32 Å². The zero-order chi connectivity index (χ0) is 13.8. The van der Waals surface area contributed by atoms with Crippen molar-refractivity contribution in [1.29, 1.82) is 0 Å². The molecule has 1 atom stereocenters. The molecule has 0 aromatic carbocycles. The Kier molecular flexibility index (Phi) is 5.25. The number of carbonyl (C=O) groups is 2. The van der Waals surface area contributed by atoms with E-state index in [1.165, 1.54) is 0 Å². The molecule has 1 aliphatic rings. The average Bonchev–Trinajstić information content (AvgIpc) is 2.28. The van der Waals surface area contributed by atoms with Gasteiger partial charge in [-0.2, -0.15) is 13.2 Å². The highest BCUT2D eigenvalue weighted by molar-refractivity contribution is 6.19. The first-order valence-corrected chi connectivity index (χ1v) is 6.09. The summed E-state index contributed by atoms with van der Waals surface area (Å²) in [6, 6.07) is -0.779. The van der Waals surface area contributed by atoms with Crippen molar-refractivity contribution >= 4 is 23.5 Å². The number of piperidine rings is 1. The first-order chi connectivity index (χ1) is 8.34. The summed E-state index contributed by atoms with van der Waals surface area (Å²) in [6.45, 7) is -0.171. The summed E-state index contributed by atoms with van der Waals surface area (Å²) in [5.41, 5.74) is 0. The summed E-state index contributed by atoms with van der Waals surface area (Å²) in [5.74, 6) is -2.03. The molecule has 1 aliphatic heterocycles. The highest BCUT2D eigenvalue weighted by Gasteiger charge is 2.42. The fourth-order valence-electron chi connectivity index (χ4n) is 1.78. The Morgan fingerprint density at radius 2 is 2.06 bits per heavy atom. The van der Waals surface area contributed by atoms with Crippen LogP contribution in [0.25, 0.3) is 0 Å². The summed E-state index contributed by atoms with van der Waals surface area (Å²) in [4.78, 5) is 23.7. The second kappa shape index (κ2) is 6.26. The predicted octanol–water partition coefficient (Wildman–Crippen LogP) is 2.13. The van der Waals surface area contributed by atoms with E-state index in [0.717, 1.165) is 4.90 Å². The van der Waals surface area contributed by atoms with E-state index in [9.17, 15) is 22.8 Å². The molecule has 0 bridgehead atoms. The van der Waals surface area contributed by atoms with Gasteiger partial charge in [0.15, 0.2) is 0 Å². The molecule has 0 aliphatic carbocycles. The molecule has 0 aromatic heterocycles. The lowest BCUT2D eigenvalue weighted by Gasteiger charge is -2.33. The Hall–Kier alpha value is -0.980. The Balaban J connectivity index is 2.51. The lowest BCUT2D eigenvalue weighted by molar-refractivity contribution is -0.183. The number of carbonyl (C=O) groups excluding carboxylic acids is 2. The molecule has 18 heavy (non-hydrogen) atoms. The van der Waals surface area contributed by atoms with Crippen molar-refractivity contribution in [3.05, 3.63) is 0 Å². The third kappa shape index (κ3) is 4.36. The zero-order valence-corrected chi connectivity index (χ0v) is 10.4. The van der Waals surface area contributed by atoms with Gasteiger partial charge in [0.1, 0.15) is 0 Å². The van der Waals surface area contributed by atoms with Gasteiger partial charge in [0.05, 0.1) is 5.92 Å². The molecule has 4 nitrogen and oxygen atoms in total. The lowest BCUT2D eigenvalue weighted by atomic mass is 9.98. The van der Waals surface area contributed by atoms with Gasteiger partial charge in [-0.1, -0.05) is 0 Å². The minimum atomic E-state index is -4.31. The fraction of sp³-hybridized carbons (Fsp3) is 0.800. The number of amides is 3. The highest BCUT2D eigenvalue weighted by Crippen LogP contribution is 2.32.